The third kappa shape index (κ3) is 0.753. The lowest BCUT2D eigenvalue weighted by atomic mass is 9.79. The molecule has 2 heteroatoms. The Hall–Kier alpha value is -0.790. The van der Waals surface area contributed by atoms with Crippen LogP contribution in [-0.2, 0) is 4.79 Å². The molecule has 0 amide bonds. The van der Waals surface area contributed by atoms with E-state index in [0.29, 0.717) is 17.8 Å². The van der Waals surface area contributed by atoms with Gasteiger partial charge in [0.15, 0.2) is 5.78 Å². The summed E-state index contributed by atoms with van der Waals surface area (Å²) >= 11 is 0. The normalized spacial score (nSPS) is 25.0. The fraction of sp³-hybridized carbons (Fsp3) is 0.625. The Balaban J connectivity index is 2.77. The molecule has 0 fully saturated rings. The summed E-state index contributed by atoms with van der Waals surface area (Å²) in [5.41, 5.74) is 0.631. The van der Waals surface area contributed by atoms with Gasteiger partial charge in [0.1, 0.15) is 5.76 Å². The standard InChI is InChI=1S/C8H12O2/c1-3-5-7(9)6(4-2)8(5)10/h5,9H,3-4H2,1-2H3. The van der Waals surface area contributed by atoms with Gasteiger partial charge in [-0.15, -0.1) is 0 Å². The van der Waals surface area contributed by atoms with E-state index in [9.17, 15) is 9.90 Å². The van der Waals surface area contributed by atoms with Gasteiger partial charge in [0.2, 0.25) is 0 Å². The van der Waals surface area contributed by atoms with Gasteiger partial charge in [-0.3, -0.25) is 4.79 Å². The van der Waals surface area contributed by atoms with E-state index >= 15 is 0 Å². The van der Waals surface area contributed by atoms with Gasteiger partial charge in [-0.05, 0) is 12.8 Å². The molecule has 0 saturated carbocycles. The van der Waals surface area contributed by atoms with Crippen molar-refractivity contribution in [1.82, 2.24) is 0 Å². The van der Waals surface area contributed by atoms with Gasteiger partial charge in [-0.25, -0.2) is 0 Å². The van der Waals surface area contributed by atoms with Crippen molar-refractivity contribution in [3.05, 3.63) is 11.3 Å². The predicted molar refractivity (Wildman–Crippen MR) is 38.7 cm³/mol. The molecule has 56 valence electrons. The molecule has 0 aliphatic heterocycles. The van der Waals surface area contributed by atoms with Crippen LogP contribution in [0.25, 0.3) is 0 Å². The van der Waals surface area contributed by atoms with Crippen molar-refractivity contribution >= 4 is 5.78 Å². The number of ketones is 1. The maximum atomic E-state index is 11.0. The number of aliphatic hydroxyl groups excluding tert-OH is 1. The van der Waals surface area contributed by atoms with Crippen LogP contribution in [0.5, 0.6) is 0 Å². The third-order valence-electron chi connectivity index (χ3n) is 2.01. The van der Waals surface area contributed by atoms with E-state index in [4.69, 9.17) is 0 Å². The van der Waals surface area contributed by atoms with E-state index in [2.05, 4.69) is 0 Å². The molecule has 1 atom stereocenters. The van der Waals surface area contributed by atoms with Gasteiger partial charge in [0.25, 0.3) is 0 Å². The van der Waals surface area contributed by atoms with E-state index in [1.807, 2.05) is 13.8 Å². The minimum absolute atomic E-state index is 0.141. The first-order chi connectivity index (χ1) is 4.72. The Bertz CT molecular complexity index is 191. The van der Waals surface area contributed by atoms with E-state index < -0.39 is 0 Å². The van der Waals surface area contributed by atoms with Crippen LogP contribution in [0.1, 0.15) is 26.7 Å². The summed E-state index contributed by atoms with van der Waals surface area (Å²) in [6.07, 6.45) is 1.40. The molecule has 0 aromatic carbocycles. The van der Waals surface area contributed by atoms with Crippen molar-refractivity contribution in [2.45, 2.75) is 26.7 Å². The average Bonchev–Trinajstić information content (AvgIpc) is 1.90. The van der Waals surface area contributed by atoms with Crippen LogP contribution in [0.15, 0.2) is 11.3 Å². The Morgan fingerprint density at radius 2 is 2.10 bits per heavy atom. The highest BCUT2D eigenvalue weighted by molar-refractivity contribution is 6.05. The molecule has 0 spiro atoms. The number of hydrogen-bond donors (Lipinski definition) is 1. The van der Waals surface area contributed by atoms with Crippen molar-refractivity contribution in [3.8, 4) is 0 Å². The summed E-state index contributed by atoms with van der Waals surface area (Å²) in [4.78, 5) is 11.0. The molecular weight excluding hydrogens is 128 g/mol. The van der Waals surface area contributed by atoms with Gasteiger partial charge in [0, 0.05) is 5.57 Å². The van der Waals surface area contributed by atoms with E-state index in [1.165, 1.54) is 0 Å². The predicted octanol–water partition coefficient (Wildman–Crippen LogP) is 1.82. The summed E-state index contributed by atoms with van der Waals surface area (Å²) in [5.74, 6) is 0.299. The van der Waals surface area contributed by atoms with Crippen LogP contribution >= 0.6 is 0 Å². The van der Waals surface area contributed by atoms with Crippen molar-refractivity contribution in [2.24, 2.45) is 5.92 Å². The van der Waals surface area contributed by atoms with Gasteiger partial charge in [-0.2, -0.15) is 0 Å². The second kappa shape index (κ2) is 2.45. The summed E-state index contributed by atoms with van der Waals surface area (Å²) < 4.78 is 0. The molecule has 1 rings (SSSR count). The van der Waals surface area contributed by atoms with Crippen molar-refractivity contribution in [3.63, 3.8) is 0 Å². The smallest absolute Gasteiger partial charge is 0.172 e. The van der Waals surface area contributed by atoms with Crippen molar-refractivity contribution in [2.75, 3.05) is 0 Å². The fourth-order valence-corrected chi connectivity index (χ4v) is 1.33. The van der Waals surface area contributed by atoms with Crippen molar-refractivity contribution in [1.29, 1.82) is 0 Å². The number of hydrogen-bond acceptors (Lipinski definition) is 2. The Kier molecular flexibility index (Phi) is 1.79. The molecular formula is C8H12O2. The van der Waals surface area contributed by atoms with Gasteiger partial charge in [-0.1, -0.05) is 13.8 Å². The van der Waals surface area contributed by atoms with Crippen LogP contribution < -0.4 is 0 Å². The molecule has 0 heterocycles. The molecule has 1 aliphatic rings. The lowest BCUT2D eigenvalue weighted by molar-refractivity contribution is -0.122. The summed E-state index contributed by atoms with van der Waals surface area (Å²) in [7, 11) is 0. The van der Waals surface area contributed by atoms with Crippen molar-refractivity contribution < 1.29 is 9.90 Å². The largest absolute Gasteiger partial charge is 0.511 e. The number of carbonyl (C=O) groups is 1. The number of aliphatic hydroxyl groups is 1. The highest BCUT2D eigenvalue weighted by atomic mass is 16.3. The molecule has 0 bridgehead atoms. The second-order valence-electron chi connectivity index (χ2n) is 2.54. The quantitative estimate of drug-likeness (QED) is 0.635. The molecule has 1 unspecified atom stereocenters. The summed E-state index contributed by atoms with van der Waals surface area (Å²) in [5, 5.41) is 9.20. The van der Waals surface area contributed by atoms with E-state index in [0.717, 1.165) is 6.42 Å². The number of allylic oxidation sites excluding steroid dienone is 2. The van der Waals surface area contributed by atoms with E-state index in [1.54, 1.807) is 0 Å². The van der Waals surface area contributed by atoms with Gasteiger partial charge in [0.05, 0.1) is 5.92 Å². The highest BCUT2D eigenvalue weighted by Crippen LogP contribution is 2.32. The second-order valence-corrected chi connectivity index (χ2v) is 2.54. The zero-order valence-electron chi connectivity index (χ0n) is 6.35. The summed E-state index contributed by atoms with van der Waals surface area (Å²) in [6, 6.07) is 0. The summed E-state index contributed by atoms with van der Waals surface area (Å²) in [6.45, 7) is 3.79. The zero-order valence-corrected chi connectivity index (χ0v) is 6.35. The SMILES string of the molecule is CCC1=C(O)C(CC)C1=O. The zero-order chi connectivity index (χ0) is 7.72. The first-order valence-corrected chi connectivity index (χ1v) is 3.68. The molecule has 0 aromatic heterocycles. The average molecular weight is 140 g/mol. The Labute approximate surface area is 60.6 Å². The number of rotatable bonds is 2. The third-order valence-corrected chi connectivity index (χ3v) is 2.01. The number of carbonyl (C=O) groups excluding carboxylic acids is 1. The minimum Gasteiger partial charge on any atom is -0.511 e. The van der Waals surface area contributed by atoms with Crippen LogP contribution in [0, 0.1) is 5.92 Å². The maximum absolute atomic E-state index is 11.0. The lowest BCUT2D eigenvalue weighted by Crippen LogP contribution is -2.30. The maximum Gasteiger partial charge on any atom is 0.172 e. The lowest BCUT2D eigenvalue weighted by Gasteiger charge is -2.25. The fourth-order valence-electron chi connectivity index (χ4n) is 1.33. The monoisotopic (exact) mass is 140 g/mol. The van der Waals surface area contributed by atoms with Crippen LogP contribution in [0.4, 0.5) is 0 Å². The topological polar surface area (TPSA) is 37.3 Å². The van der Waals surface area contributed by atoms with Gasteiger partial charge < -0.3 is 5.11 Å². The van der Waals surface area contributed by atoms with Crippen LogP contribution in [0.2, 0.25) is 0 Å². The van der Waals surface area contributed by atoms with Gasteiger partial charge >= 0.3 is 0 Å². The molecule has 0 radical (unpaired) electrons. The first-order valence-electron chi connectivity index (χ1n) is 3.68. The molecule has 0 saturated heterocycles. The van der Waals surface area contributed by atoms with E-state index in [-0.39, 0.29) is 11.7 Å². The number of Topliss-reactive ketones (excluding diaryl/α,β-unsaturated/α-hetero) is 1. The molecule has 10 heavy (non-hydrogen) atoms. The van der Waals surface area contributed by atoms with Crippen LogP contribution in [-0.4, -0.2) is 10.9 Å². The Morgan fingerprint density at radius 3 is 2.40 bits per heavy atom. The highest BCUT2D eigenvalue weighted by Gasteiger charge is 2.36. The molecule has 0 aromatic rings. The Morgan fingerprint density at radius 1 is 1.50 bits per heavy atom. The molecule has 1 N–H and O–H groups in total. The molecule has 2 nitrogen and oxygen atoms in total. The minimum atomic E-state index is -0.171. The first kappa shape index (κ1) is 7.32. The molecule has 1 aliphatic carbocycles. The van der Waals surface area contributed by atoms with Crippen LogP contribution in [0.3, 0.4) is 0 Å².